The van der Waals surface area contributed by atoms with Crippen LogP contribution >= 0.6 is 0 Å². The van der Waals surface area contributed by atoms with Gasteiger partial charge in [0.05, 0.1) is 11.0 Å². The van der Waals surface area contributed by atoms with Gasteiger partial charge in [-0.05, 0) is 25.0 Å². The van der Waals surface area contributed by atoms with Gasteiger partial charge in [0.15, 0.2) is 0 Å². The maximum Gasteiger partial charge on any atom is 0.292 e. The molecule has 0 bridgehead atoms. The lowest BCUT2D eigenvalue weighted by atomic mass is 10.0. The first-order chi connectivity index (χ1) is 9.95. The van der Waals surface area contributed by atoms with Crippen LogP contribution in [0.3, 0.4) is 0 Å². The van der Waals surface area contributed by atoms with Crippen LogP contribution < -0.4 is 10.2 Å². The fourth-order valence-electron chi connectivity index (χ4n) is 2.60. The summed E-state index contributed by atoms with van der Waals surface area (Å²) in [4.78, 5) is 24.5. The molecule has 7 heteroatoms. The highest BCUT2D eigenvalue weighted by Gasteiger charge is 2.32. The largest absolute Gasteiger partial charge is 0.389 e. The van der Waals surface area contributed by atoms with Crippen molar-refractivity contribution in [1.29, 1.82) is 0 Å². The fourth-order valence-corrected chi connectivity index (χ4v) is 2.60. The molecule has 0 saturated carbocycles. The summed E-state index contributed by atoms with van der Waals surface area (Å²) in [5.41, 5.74) is 0.826. The van der Waals surface area contributed by atoms with Gasteiger partial charge in [-0.2, -0.15) is 0 Å². The van der Waals surface area contributed by atoms with Gasteiger partial charge in [-0.25, -0.2) is 0 Å². The Balaban J connectivity index is 2.46. The van der Waals surface area contributed by atoms with E-state index in [-0.39, 0.29) is 11.6 Å². The third-order valence-electron chi connectivity index (χ3n) is 3.71. The van der Waals surface area contributed by atoms with Gasteiger partial charge in [-0.15, -0.1) is 0 Å². The average Bonchev–Trinajstić information content (AvgIpc) is 2.46. The molecule has 1 fully saturated rings. The van der Waals surface area contributed by atoms with Crippen LogP contribution in [0.2, 0.25) is 0 Å². The van der Waals surface area contributed by atoms with Gasteiger partial charge in [-0.3, -0.25) is 14.9 Å². The van der Waals surface area contributed by atoms with Crippen molar-refractivity contribution in [3.05, 3.63) is 33.9 Å². The number of nitro benzene ring substituents is 1. The molecular formula is C14H19N3O4. The second-order valence-electron chi connectivity index (χ2n) is 5.09. The zero-order chi connectivity index (χ0) is 15.6. The van der Waals surface area contributed by atoms with Gasteiger partial charge in [0.25, 0.3) is 5.69 Å². The third kappa shape index (κ3) is 2.97. The number of amides is 1. The second kappa shape index (κ2) is 6.09. The number of hydrogen-bond donors (Lipinski definition) is 2. The molecule has 2 atom stereocenters. The molecule has 0 radical (unpaired) electrons. The van der Waals surface area contributed by atoms with Crippen LogP contribution in [0, 0.1) is 10.1 Å². The number of rotatable bonds is 4. The molecule has 0 aromatic heterocycles. The number of aliphatic hydroxyl groups is 1. The number of nitrogens with zero attached hydrogens (tertiary/aromatic N) is 2. The first-order valence-corrected chi connectivity index (χ1v) is 6.96. The van der Waals surface area contributed by atoms with E-state index in [1.165, 1.54) is 6.07 Å². The van der Waals surface area contributed by atoms with Gasteiger partial charge in [0, 0.05) is 19.2 Å². The minimum absolute atomic E-state index is 0.0819. The second-order valence-corrected chi connectivity index (χ2v) is 5.09. The Morgan fingerprint density at radius 1 is 1.57 bits per heavy atom. The Hall–Kier alpha value is -2.15. The number of hydrogen-bond acceptors (Lipinski definition) is 5. The minimum atomic E-state index is -0.774. The highest BCUT2D eigenvalue weighted by molar-refractivity contribution is 5.87. The zero-order valence-electron chi connectivity index (χ0n) is 12.1. The Labute approximate surface area is 122 Å². The lowest BCUT2D eigenvalue weighted by Crippen LogP contribution is -2.55. The van der Waals surface area contributed by atoms with Crippen LogP contribution in [0.15, 0.2) is 18.2 Å². The predicted molar refractivity (Wildman–Crippen MR) is 78.2 cm³/mol. The number of anilines is 1. The maximum absolute atomic E-state index is 11.9. The molecule has 1 aliphatic rings. The number of aliphatic hydroxyl groups excluding tert-OH is 1. The summed E-state index contributed by atoms with van der Waals surface area (Å²) in [5.74, 6) is -0.113. The van der Waals surface area contributed by atoms with Crippen LogP contribution in [-0.4, -0.2) is 35.1 Å². The highest BCUT2D eigenvalue weighted by atomic mass is 16.6. The smallest absolute Gasteiger partial charge is 0.292 e. The van der Waals surface area contributed by atoms with Crippen LogP contribution in [0.25, 0.3) is 0 Å². The van der Waals surface area contributed by atoms with Crippen LogP contribution in [0.5, 0.6) is 0 Å². The van der Waals surface area contributed by atoms with Gasteiger partial charge in [0.2, 0.25) is 5.91 Å². The number of nitrogens with one attached hydrogen (secondary N) is 1. The summed E-state index contributed by atoms with van der Waals surface area (Å²) in [7, 11) is 0. The summed E-state index contributed by atoms with van der Waals surface area (Å²) in [6, 6.07) is 4.24. The fraction of sp³-hybridized carbons (Fsp3) is 0.500. The maximum atomic E-state index is 11.9. The van der Waals surface area contributed by atoms with Crippen molar-refractivity contribution in [1.82, 2.24) is 5.32 Å². The van der Waals surface area contributed by atoms with Crippen LogP contribution in [0.1, 0.15) is 31.9 Å². The number of piperazine rings is 1. The van der Waals surface area contributed by atoms with E-state index in [2.05, 4.69) is 5.32 Å². The molecule has 21 heavy (non-hydrogen) atoms. The van der Waals surface area contributed by atoms with E-state index in [9.17, 15) is 20.0 Å². The molecule has 1 aromatic rings. The highest BCUT2D eigenvalue weighted by Crippen LogP contribution is 2.33. The van der Waals surface area contributed by atoms with Crippen LogP contribution in [0.4, 0.5) is 11.4 Å². The Morgan fingerprint density at radius 3 is 2.86 bits per heavy atom. The van der Waals surface area contributed by atoms with Crippen molar-refractivity contribution in [3.63, 3.8) is 0 Å². The molecular weight excluding hydrogens is 274 g/mol. The predicted octanol–water partition coefficient (Wildman–Crippen LogP) is 1.36. The van der Waals surface area contributed by atoms with E-state index in [0.717, 1.165) is 0 Å². The molecule has 2 rings (SSSR count). The monoisotopic (exact) mass is 293 g/mol. The number of benzene rings is 1. The zero-order valence-corrected chi connectivity index (χ0v) is 12.1. The van der Waals surface area contributed by atoms with Gasteiger partial charge in [0.1, 0.15) is 11.7 Å². The standard InChI is InChI=1S/C14H19N3O4/c1-3-11-14(19)15-6-7-16(11)12-5-4-10(9(2)18)8-13(12)17(20)21/h4-5,8-9,11,18H,3,6-7H2,1-2H3,(H,15,19)/t9-,11?/m0/s1. The summed E-state index contributed by atoms with van der Waals surface area (Å²) in [5, 5.41) is 23.7. The summed E-state index contributed by atoms with van der Waals surface area (Å²) < 4.78 is 0. The lowest BCUT2D eigenvalue weighted by Gasteiger charge is -2.36. The molecule has 1 saturated heterocycles. The number of carbonyl (C=O) groups is 1. The molecule has 0 aliphatic carbocycles. The molecule has 1 aromatic carbocycles. The van der Waals surface area contributed by atoms with Crippen molar-refractivity contribution < 1.29 is 14.8 Å². The van der Waals surface area contributed by atoms with E-state index in [1.54, 1.807) is 24.0 Å². The molecule has 2 N–H and O–H groups in total. The van der Waals surface area contributed by atoms with Crippen molar-refractivity contribution in [2.75, 3.05) is 18.0 Å². The van der Waals surface area contributed by atoms with Crippen molar-refractivity contribution in [3.8, 4) is 0 Å². The Kier molecular flexibility index (Phi) is 4.42. The van der Waals surface area contributed by atoms with Gasteiger partial charge in [-0.1, -0.05) is 13.0 Å². The van der Waals surface area contributed by atoms with E-state index < -0.39 is 17.1 Å². The number of carbonyl (C=O) groups excluding carboxylic acids is 1. The Morgan fingerprint density at radius 2 is 2.29 bits per heavy atom. The SMILES string of the molecule is CCC1C(=O)NCCN1c1ccc([C@H](C)O)cc1[N+](=O)[O-]. The van der Waals surface area contributed by atoms with Crippen molar-refractivity contribution in [2.24, 2.45) is 0 Å². The minimum Gasteiger partial charge on any atom is -0.389 e. The molecule has 114 valence electrons. The quantitative estimate of drug-likeness (QED) is 0.645. The molecule has 7 nitrogen and oxygen atoms in total. The molecule has 1 amide bonds. The van der Waals surface area contributed by atoms with Crippen molar-refractivity contribution in [2.45, 2.75) is 32.4 Å². The molecule has 0 spiro atoms. The van der Waals surface area contributed by atoms with Crippen LogP contribution in [-0.2, 0) is 4.79 Å². The van der Waals surface area contributed by atoms with E-state index in [1.807, 2.05) is 6.92 Å². The van der Waals surface area contributed by atoms with Gasteiger partial charge < -0.3 is 15.3 Å². The average molecular weight is 293 g/mol. The summed E-state index contributed by atoms with van der Waals surface area (Å²) in [6.45, 7) is 4.42. The number of nitro groups is 1. The topological polar surface area (TPSA) is 95.7 Å². The van der Waals surface area contributed by atoms with Crippen molar-refractivity contribution >= 4 is 17.3 Å². The lowest BCUT2D eigenvalue weighted by molar-refractivity contribution is -0.384. The first kappa shape index (κ1) is 15.2. The Bertz CT molecular complexity index is 559. The molecule has 1 aliphatic heterocycles. The summed E-state index contributed by atoms with van der Waals surface area (Å²) >= 11 is 0. The summed E-state index contributed by atoms with van der Waals surface area (Å²) in [6.07, 6.45) is -0.203. The van der Waals surface area contributed by atoms with Gasteiger partial charge >= 0.3 is 0 Å². The normalized spacial score (nSPS) is 20.0. The van der Waals surface area contributed by atoms with E-state index >= 15 is 0 Å². The third-order valence-corrected chi connectivity index (χ3v) is 3.71. The molecule has 1 unspecified atom stereocenters. The molecule has 1 heterocycles. The van der Waals surface area contributed by atoms with E-state index in [0.29, 0.717) is 30.8 Å². The van der Waals surface area contributed by atoms with E-state index in [4.69, 9.17) is 0 Å². The first-order valence-electron chi connectivity index (χ1n) is 6.96.